The molecular weight excluding hydrogens is 248 g/mol. The van der Waals surface area contributed by atoms with Gasteiger partial charge in [0.2, 0.25) is 5.91 Å². The van der Waals surface area contributed by atoms with Gasteiger partial charge in [-0.1, -0.05) is 31.9 Å². The van der Waals surface area contributed by atoms with E-state index in [0.29, 0.717) is 17.9 Å². The maximum atomic E-state index is 11.5. The van der Waals surface area contributed by atoms with E-state index in [1.165, 1.54) is 37.7 Å². The Labute approximate surface area is 121 Å². The summed E-state index contributed by atoms with van der Waals surface area (Å²) in [6.45, 7) is 2.31. The second-order valence-corrected chi connectivity index (χ2v) is 6.29. The van der Waals surface area contributed by atoms with Crippen LogP contribution in [0.4, 0.5) is 5.69 Å². The molecule has 1 saturated carbocycles. The van der Waals surface area contributed by atoms with Crippen LogP contribution in [0.15, 0.2) is 18.2 Å². The monoisotopic (exact) mass is 272 g/mol. The molecule has 2 N–H and O–H groups in total. The third kappa shape index (κ3) is 2.14. The quantitative estimate of drug-likeness (QED) is 0.882. The fourth-order valence-corrected chi connectivity index (χ4v) is 4.18. The van der Waals surface area contributed by atoms with E-state index in [1.807, 2.05) is 0 Å². The van der Waals surface area contributed by atoms with Crippen molar-refractivity contribution in [1.29, 1.82) is 0 Å². The summed E-state index contributed by atoms with van der Waals surface area (Å²) in [5.74, 6) is 0.115. The van der Waals surface area contributed by atoms with Crippen LogP contribution in [0.5, 0.6) is 0 Å². The van der Waals surface area contributed by atoms with Crippen molar-refractivity contribution in [3.05, 3.63) is 29.3 Å². The molecular formula is C17H24N2O. The maximum absolute atomic E-state index is 11.5. The van der Waals surface area contributed by atoms with Gasteiger partial charge in [-0.2, -0.15) is 0 Å². The van der Waals surface area contributed by atoms with Crippen LogP contribution in [-0.2, 0) is 11.2 Å². The van der Waals surface area contributed by atoms with E-state index in [9.17, 15) is 4.79 Å². The molecule has 1 heterocycles. The Hall–Kier alpha value is -1.35. The van der Waals surface area contributed by atoms with Gasteiger partial charge in [0.1, 0.15) is 0 Å². The molecule has 108 valence electrons. The van der Waals surface area contributed by atoms with Gasteiger partial charge in [-0.05, 0) is 48.9 Å². The van der Waals surface area contributed by atoms with E-state index in [1.54, 1.807) is 0 Å². The van der Waals surface area contributed by atoms with Gasteiger partial charge < -0.3 is 10.6 Å². The largest absolute Gasteiger partial charge is 0.326 e. The minimum absolute atomic E-state index is 0.115. The fourth-order valence-electron chi connectivity index (χ4n) is 4.18. The van der Waals surface area contributed by atoms with Crippen LogP contribution in [0.2, 0.25) is 0 Å². The van der Waals surface area contributed by atoms with E-state index in [2.05, 4.69) is 42.8 Å². The molecule has 1 amide bonds. The Morgan fingerprint density at radius 3 is 2.75 bits per heavy atom. The maximum Gasteiger partial charge on any atom is 0.228 e. The molecule has 1 atom stereocenters. The van der Waals surface area contributed by atoms with Crippen LogP contribution in [0.3, 0.4) is 0 Å². The summed E-state index contributed by atoms with van der Waals surface area (Å²) in [5, 5.41) is 6.46. The van der Waals surface area contributed by atoms with E-state index in [4.69, 9.17) is 0 Å². The molecule has 0 saturated heterocycles. The summed E-state index contributed by atoms with van der Waals surface area (Å²) < 4.78 is 0. The van der Waals surface area contributed by atoms with Crippen molar-refractivity contribution in [1.82, 2.24) is 5.32 Å². The highest BCUT2D eigenvalue weighted by molar-refractivity contribution is 5.99. The number of benzene rings is 1. The first-order chi connectivity index (χ1) is 9.68. The average molecular weight is 272 g/mol. The van der Waals surface area contributed by atoms with Crippen LogP contribution >= 0.6 is 0 Å². The van der Waals surface area contributed by atoms with Crippen LogP contribution < -0.4 is 10.6 Å². The third-order valence-electron chi connectivity index (χ3n) is 5.29. The average Bonchev–Trinajstić information content (AvgIpc) is 3.05. The topological polar surface area (TPSA) is 41.1 Å². The molecule has 3 rings (SSSR count). The van der Waals surface area contributed by atoms with Crippen molar-refractivity contribution >= 4 is 11.6 Å². The lowest BCUT2D eigenvalue weighted by Gasteiger charge is -2.37. The molecule has 1 aliphatic heterocycles. The van der Waals surface area contributed by atoms with Gasteiger partial charge in [-0.3, -0.25) is 4.79 Å². The first-order valence-corrected chi connectivity index (χ1v) is 7.78. The number of carbonyl (C=O) groups is 1. The molecule has 1 fully saturated rings. The molecule has 1 aliphatic carbocycles. The number of carbonyl (C=O) groups excluding carboxylic acids is 1. The normalized spacial score (nSPS) is 21.6. The molecule has 2 aliphatic rings. The minimum Gasteiger partial charge on any atom is -0.326 e. The Morgan fingerprint density at radius 2 is 2.10 bits per heavy atom. The molecule has 3 nitrogen and oxygen atoms in total. The predicted molar refractivity (Wildman–Crippen MR) is 81.8 cm³/mol. The van der Waals surface area contributed by atoms with Crippen LogP contribution in [-0.4, -0.2) is 13.0 Å². The van der Waals surface area contributed by atoms with E-state index < -0.39 is 0 Å². The Bertz CT molecular complexity index is 518. The standard InChI is InChI=1S/C17H24N2O/c1-3-17(8-4-5-9-17)16(18-2)12-6-7-14-13(10-12)11-15(20)19-14/h6-7,10,16,18H,3-5,8-9,11H2,1-2H3,(H,19,20). The van der Waals surface area contributed by atoms with Gasteiger partial charge in [-0.15, -0.1) is 0 Å². The van der Waals surface area contributed by atoms with Gasteiger partial charge >= 0.3 is 0 Å². The number of nitrogens with one attached hydrogen (secondary N) is 2. The Kier molecular flexibility index (Phi) is 3.55. The van der Waals surface area contributed by atoms with E-state index in [-0.39, 0.29) is 5.91 Å². The molecule has 0 bridgehead atoms. The van der Waals surface area contributed by atoms with Crippen molar-refractivity contribution in [2.45, 2.75) is 51.5 Å². The summed E-state index contributed by atoms with van der Waals surface area (Å²) in [6.07, 6.45) is 7.05. The Morgan fingerprint density at radius 1 is 1.35 bits per heavy atom. The number of anilines is 1. The van der Waals surface area contributed by atoms with Gasteiger partial charge in [0.25, 0.3) is 0 Å². The first-order valence-electron chi connectivity index (χ1n) is 7.78. The van der Waals surface area contributed by atoms with Gasteiger partial charge in [0, 0.05) is 11.7 Å². The first kappa shape index (κ1) is 13.6. The van der Waals surface area contributed by atoms with Gasteiger partial charge in [-0.25, -0.2) is 0 Å². The lowest BCUT2D eigenvalue weighted by Crippen LogP contribution is -2.34. The number of amides is 1. The van der Waals surface area contributed by atoms with Crippen molar-refractivity contribution in [2.24, 2.45) is 5.41 Å². The lowest BCUT2D eigenvalue weighted by molar-refractivity contribution is -0.115. The summed E-state index contributed by atoms with van der Waals surface area (Å²) in [5.41, 5.74) is 3.87. The molecule has 20 heavy (non-hydrogen) atoms. The minimum atomic E-state index is 0.115. The van der Waals surface area contributed by atoms with Crippen molar-refractivity contribution < 1.29 is 4.79 Å². The number of rotatable bonds is 4. The summed E-state index contributed by atoms with van der Waals surface area (Å²) in [4.78, 5) is 11.5. The second-order valence-electron chi connectivity index (χ2n) is 6.29. The zero-order valence-electron chi connectivity index (χ0n) is 12.5. The highest BCUT2D eigenvalue weighted by atomic mass is 16.1. The van der Waals surface area contributed by atoms with Crippen LogP contribution in [0.1, 0.15) is 56.2 Å². The second kappa shape index (κ2) is 5.21. The van der Waals surface area contributed by atoms with Crippen molar-refractivity contribution in [3.63, 3.8) is 0 Å². The lowest BCUT2D eigenvalue weighted by atomic mass is 9.73. The molecule has 0 spiro atoms. The molecule has 3 heteroatoms. The predicted octanol–water partition coefficient (Wildman–Crippen LogP) is 3.41. The van der Waals surface area contributed by atoms with E-state index in [0.717, 1.165) is 11.3 Å². The molecule has 1 unspecified atom stereocenters. The van der Waals surface area contributed by atoms with Crippen LogP contribution in [0, 0.1) is 5.41 Å². The van der Waals surface area contributed by atoms with Crippen molar-refractivity contribution in [2.75, 3.05) is 12.4 Å². The molecule has 0 radical (unpaired) electrons. The highest BCUT2D eigenvalue weighted by Gasteiger charge is 2.40. The molecule has 1 aromatic carbocycles. The third-order valence-corrected chi connectivity index (χ3v) is 5.29. The van der Waals surface area contributed by atoms with Gasteiger partial charge in [0.05, 0.1) is 6.42 Å². The smallest absolute Gasteiger partial charge is 0.228 e. The molecule has 1 aromatic rings. The van der Waals surface area contributed by atoms with E-state index >= 15 is 0 Å². The highest BCUT2D eigenvalue weighted by Crippen LogP contribution is 2.50. The van der Waals surface area contributed by atoms with Crippen molar-refractivity contribution in [3.8, 4) is 0 Å². The summed E-state index contributed by atoms with van der Waals surface area (Å²) in [6, 6.07) is 6.87. The molecule has 0 aromatic heterocycles. The fraction of sp³-hybridized carbons (Fsp3) is 0.588. The summed E-state index contributed by atoms with van der Waals surface area (Å²) in [7, 11) is 2.07. The SMILES string of the molecule is CCC1(C(NC)c2ccc3c(c2)CC(=O)N3)CCCC1. The van der Waals surface area contributed by atoms with Gasteiger partial charge in [0.15, 0.2) is 0 Å². The number of hydrogen-bond acceptors (Lipinski definition) is 2. The number of fused-ring (bicyclic) bond motifs is 1. The zero-order valence-corrected chi connectivity index (χ0v) is 12.5. The zero-order chi connectivity index (χ0) is 14.2. The van der Waals surface area contributed by atoms with Crippen LogP contribution in [0.25, 0.3) is 0 Å². The summed E-state index contributed by atoms with van der Waals surface area (Å²) >= 11 is 0. The Balaban J connectivity index is 1.94. The number of hydrogen-bond donors (Lipinski definition) is 2.